The number of hydrogen-bond donors (Lipinski definition) is 1. The number of carbonyl (C=O) groups excluding carboxylic acids is 2. The van der Waals surface area contributed by atoms with Crippen LogP contribution in [0.3, 0.4) is 0 Å². The summed E-state index contributed by atoms with van der Waals surface area (Å²) < 4.78 is 1.85. The lowest BCUT2D eigenvalue weighted by Gasteiger charge is -2.35. The third-order valence-corrected chi connectivity index (χ3v) is 6.23. The zero-order chi connectivity index (χ0) is 20.0. The average molecular weight is 383 g/mol. The number of hydrogen-bond acceptors (Lipinski definition) is 4. The fraction of sp³-hybridized carbons (Fsp3) is 0.571. The van der Waals surface area contributed by atoms with E-state index >= 15 is 0 Å². The lowest BCUT2D eigenvalue weighted by Crippen LogP contribution is -2.49. The molecular formula is C21H29N5O2. The molecule has 3 heterocycles. The van der Waals surface area contributed by atoms with E-state index in [1.165, 1.54) is 24.0 Å². The summed E-state index contributed by atoms with van der Waals surface area (Å²) in [5.41, 5.74) is 3.67. The molecule has 2 aliphatic rings. The monoisotopic (exact) mass is 383 g/mol. The molecule has 0 saturated carbocycles. The van der Waals surface area contributed by atoms with Crippen LogP contribution in [0.25, 0.3) is 10.9 Å². The maximum Gasteiger partial charge on any atom is 0.329 e. The summed E-state index contributed by atoms with van der Waals surface area (Å²) in [6, 6.07) is 4.63. The summed E-state index contributed by atoms with van der Waals surface area (Å²) in [4.78, 5) is 27.9. The third kappa shape index (κ3) is 3.28. The number of aryl methyl sites for hydroxylation is 2. The largest absolute Gasteiger partial charge is 0.329 e. The second-order valence-corrected chi connectivity index (χ2v) is 8.33. The zero-order valence-corrected chi connectivity index (χ0v) is 17.2. The first-order valence-corrected chi connectivity index (χ1v) is 10.2. The molecule has 150 valence electrons. The van der Waals surface area contributed by atoms with Crippen LogP contribution >= 0.6 is 0 Å². The molecule has 1 aromatic heterocycles. The normalized spacial score (nSPS) is 19.7. The van der Waals surface area contributed by atoms with Gasteiger partial charge in [-0.05, 0) is 75.9 Å². The highest BCUT2D eigenvalue weighted by Gasteiger charge is 2.29. The van der Waals surface area contributed by atoms with Crippen molar-refractivity contribution in [2.45, 2.75) is 52.0 Å². The number of likely N-dealkylation sites (tertiary alicyclic amines) is 1. The van der Waals surface area contributed by atoms with E-state index in [4.69, 9.17) is 0 Å². The minimum absolute atomic E-state index is 0.229. The quantitative estimate of drug-likeness (QED) is 0.885. The predicted octanol–water partition coefficient (Wildman–Crippen LogP) is 2.92. The first-order chi connectivity index (χ1) is 13.3. The van der Waals surface area contributed by atoms with Gasteiger partial charge in [0.1, 0.15) is 0 Å². The molecule has 28 heavy (non-hydrogen) atoms. The summed E-state index contributed by atoms with van der Waals surface area (Å²) in [5, 5.41) is 7.97. The molecule has 0 unspecified atom stereocenters. The average Bonchev–Trinajstić information content (AvgIpc) is 2.96. The molecule has 0 aliphatic carbocycles. The van der Waals surface area contributed by atoms with Crippen LogP contribution in [-0.4, -0.2) is 52.3 Å². The molecule has 1 N–H and O–H groups in total. The Balaban J connectivity index is 1.66. The van der Waals surface area contributed by atoms with Crippen molar-refractivity contribution in [3.8, 4) is 0 Å². The van der Waals surface area contributed by atoms with E-state index in [9.17, 15) is 9.59 Å². The number of carbonyl (C=O) groups is 2. The Labute approximate surface area is 165 Å². The van der Waals surface area contributed by atoms with E-state index in [1.807, 2.05) is 11.7 Å². The Morgan fingerprint density at radius 1 is 1.14 bits per heavy atom. The molecule has 2 saturated heterocycles. The Hall–Kier alpha value is -2.41. The minimum atomic E-state index is -0.390. The van der Waals surface area contributed by atoms with E-state index in [1.54, 1.807) is 4.90 Å². The van der Waals surface area contributed by atoms with Gasteiger partial charge in [-0.2, -0.15) is 5.10 Å². The van der Waals surface area contributed by atoms with E-state index in [0.717, 1.165) is 24.0 Å². The second kappa shape index (κ2) is 7.20. The van der Waals surface area contributed by atoms with Gasteiger partial charge in [-0.3, -0.25) is 19.7 Å². The van der Waals surface area contributed by atoms with Crippen molar-refractivity contribution in [1.29, 1.82) is 0 Å². The van der Waals surface area contributed by atoms with Gasteiger partial charge >= 0.3 is 6.03 Å². The van der Waals surface area contributed by atoms with E-state index in [0.29, 0.717) is 30.7 Å². The Morgan fingerprint density at radius 2 is 1.86 bits per heavy atom. The number of amides is 3. The maximum absolute atomic E-state index is 12.3. The number of aromatic nitrogens is 2. The van der Waals surface area contributed by atoms with Gasteiger partial charge in [0.2, 0.25) is 5.91 Å². The van der Waals surface area contributed by atoms with Crippen molar-refractivity contribution in [3.05, 3.63) is 23.3 Å². The number of benzene rings is 1. The fourth-order valence-corrected chi connectivity index (χ4v) is 4.54. The molecule has 3 amide bonds. The highest BCUT2D eigenvalue weighted by Crippen LogP contribution is 2.36. The summed E-state index contributed by atoms with van der Waals surface area (Å²) in [5.74, 6) is 0.966. The summed E-state index contributed by atoms with van der Waals surface area (Å²) in [7, 11) is 1.92. The van der Waals surface area contributed by atoms with Crippen molar-refractivity contribution in [3.63, 3.8) is 0 Å². The van der Waals surface area contributed by atoms with Crippen LogP contribution in [0.2, 0.25) is 0 Å². The summed E-state index contributed by atoms with van der Waals surface area (Å²) >= 11 is 0. The SMILES string of the molecule is Cc1cc2c(N3CCC(=O)NC3=O)nn(C)c2cc1C1CCN(C(C)C)CC1. The lowest BCUT2D eigenvalue weighted by molar-refractivity contribution is -0.120. The Morgan fingerprint density at radius 3 is 2.50 bits per heavy atom. The standard InChI is InChI=1S/C21H29N5O2/c1-13(2)25-8-5-15(6-9-25)16-12-18-17(11-14(16)3)20(23-24(18)4)26-10-7-19(27)22-21(26)28/h11-13,15H,5-10H2,1-4H3,(H,22,27,28). The maximum atomic E-state index is 12.3. The van der Waals surface area contributed by atoms with Gasteiger partial charge in [0.05, 0.1) is 5.52 Å². The number of rotatable bonds is 3. The first-order valence-electron chi connectivity index (χ1n) is 10.2. The molecule has 0 atom stereocenters. The Bertz CT molecular complexity index is 925. The van der Waals surface area contributed by atoms with Crippen LogP contribution in [0.4, 0.5) is 10.6 Å². The number of urea groups is 1. The number of nitrogens with zero attached hydrogens (tertiary/aromatic N) is 4. The van der Waals surface area contributed by atoms with Crippen molar-refractivity contribution < 1.29 is 9.59 Å². The molecular weight excluding hydrogens is 354 g/mol. The number of piperidine rings is 1. The lowest BCUT2D eigenvalue weighted by atomic mass is 9.86. The molecule has 7 nitrogen and oxygen atoms in total. The summed E-state index contributed by atoms with van der Waals surface area (Å²) in [6.45, 7) is 9.32. The molecule has 0 bridgehead atoms. The minimum Gasteiger partial charge on any atom is -0.301 e. The number of nitrogens with one attached hydrogen (secondary N) is 1. The van der Waals surface area contributed by atoms with Gasteiger partial charge in [0.25, 0.3) is 0 Å². The van der Waals surface area contributed by atoms with Crippen LogP contribution in [-0.2, 0) is 11.8 Å². The molecule has 2 aromatic rings. The van der Waals surface area contributed by atoms with Crippen molar-refractivity contribution in [2.75, 3.05) is 24.5 Å². The second-order valence-electron chi connectivity index (χ2n) is 8.33. The van der Waals surface area contributed by atoms with Gasteiger partial charge in [-0.1, -0.05) is 0 Å². The third-order valence-electron chi connectivity index (χ3n) is 6.23. The molecule has 1 aromatic carbocycles. The van der Waals surface area contributed by atoms with Crippen LogP contribution in [0.5, 0.6) is 0 Å². The van der Waals surface area contributed by atoms with Gasteiger partial charge in [0.15, 0.2) is 5.82 Å². The highest BCUT2D eigenvalue weighted by atomic mass is 16.2. The van der Waals surface area contributed by atoms with Crippen LogP contribution in [0, 0.1) is 6.92 Å². The highest BCUT2D eigenvalue weighted by molar-refractivity contribution is 6.09. The number of anilines is 1. The van der Waals surface area contributed by atoms with Crippen LogP contribution in [0.15, 0.2) is 12.1 Å². The zero-order valence-electron chi connectivity index (χ0n) is 17.2. The molecule has 2 aliphatic heterocycles. The molecule has 0 spiro atoms. The fourth-order valence-electron chi connectivity index (χ4n) is 4.54. The topological polar surface area (TPSA) is 70.5 Å². The van der Waals surface area contributed by atoms with Gasteiger partial charge in [-0.25, -0.2) is 4.79 Å². The van der Waals surface area contributed by atoms with E-state index in [2.05, 4.69) is 48.2 Å². The van der Waals surface area contributed by atoms with Gasteiger partial charge < -0.3 is 4.90 Å². The van der Waals surface area contributed by atoms with Crippen LogP contribution in [0.1, 0.15) is 50.2 Å². The smallest absolute Gasteiger partial charge is 0.301 e. The first kappa shape index (κ1) is 18.9. The van der Waals surface area contributed by atoms with Crippen LogP contribution < -0.4 is 10.2 Å². The molecule has 4 rings (SSSR count). The molecule has 0 radical (unpaired) electrons. The summed E-state index contributed by atoms with van der Waals surface area (Å²) in [6.07, 6.45) is 2.65. The molecule has 2 fully saturated rings. The number of imide groups is 1. The predicted molar refractivity (Wildman–Crippen MR) is 110 cm³/mol. The van der Waals surface area contributed by atoms with Crippen molar-refractivity contribution >= 4 is 28.7 Å². The van der Waals surface area contributed by atoms with Crippen molar-refractivity contribution in [1.82, 2.24) is 20.0 Å². The van der Waals surface area contributed by atoms with Gasteiger partial charge in [-0.15, -0.1) is 0 Å². The Kier molecular flexibility index (Phi) is 4.87. The molecule has 7 heteroatoms. The van der Waals surface area contributed by atoms with Crippen molar-refractivity contribution in [2.24, 2.45) is 7.05 Å². The van der Waals surface area contributed by atoms with E-state index in [-0.39, 0.29) is 11.9 Å². The number of fused-ring (bicyclic) bond motifs is 1. The van der Waals surface area contributed by atoms with E-state index < -0.39 is 0 Å². The van der Waals surface area contributed by atoms with Gasteiger partial charge in [0, 0.05) is 31.4 Å².